The van der Waals surface area contributed by atoms with E-state index in [4.69, 9.17) is 14.2 Å². The average Bonchev–Trinajstić information content (AvgIpc) is 3.17. The van der Waals surface area contributed by atoms with Gasteiger partial charge in [-0.15, -0.1) is 0 Å². The number of rotatable bonds is 10. The predicted molar refractivity (Wildman–Crippen MR) is 125 cm³/mol. The molecule has 0 aromatic heterocycles. The SMILES string of the molecule is CCOC(=O)C(NC(=O)OCC1c2ccccc2-c2ccccc21)C(=O)N[C@H](C(=O)O)[C@@H](C)OC. The van der Waals surface area contributed by atoms with Gasteiger partial charge >= 0.3 is 18.0 Å². The van der Waals surface area contributed by atoms with E-state index in [1.54, 1.807) is 0 Å². The first-order valence-electron chi connectivity index (χ1n) is 11.1. The van der Waals surface area contributed by atoms with Crippen LogP contribution in [0.15, 0.2) is 48.5 Å². The first kappa shape index (κ1) is 25.7. The third-order valence-corrected chi connectivity index (χ3v) is 5.80. The summed E-state index contributed by atoms with van der Waals surface area (Å²) in [5, 5.41) is 13.8. The van der Waals surface area contributed by atoms with Crippen LogP contribution in [0.25, 0.3) is 11.1 Å². The van der Waals surface area contributed by atoms with Crippen LogP contribution in [-0.2, 0) is 28.6 Å². The molecule has 3 atom stereocenters. The van der Waals surface area contributed by atoms with Crippen LogP contribution in [-0.4, -0.2) is 67.6 Å². The lowest BCUT2D eigenvalue weighted by Gasteiger charge is -2.23. The molecule has 0 heterocycles. The van der Waals surface area contributed by atoms with E-state index in [0.717, 1.165) is 22.3 Å². The van der Waals surface area contributed by atoms with Crippen LogP contribution < -0.4 is 10.6 Å². The van der Waals surface area contributed by atoms with Crippen molar-refractivity contribution in [2.75, 3.05) is 20.3 Å². The Kier molecular flexibility index (Phi) is 8.43. The van der Waals surface area contributed by atoms with Crippen LogP contribution in [0.3, 0.4) is 0 Å². The second-order valence-corrected chi connectivity index (χ2v) is 7.92. The zero-order valence-electron chi connectivity index (χ0n) is 19.6. The van der Waals surface area contributed by atoms with Crippen LogP contribution in [0.1, 0.15) is 30.9 Å². The maximum atomic E-state index is 12.7. The largest absolute Gasteiger partial charge is 0.480 e. The molecule has 3 rings (SSSR count). The van der Waals surface area contributed by atoms with Crippen LogP contribution in [0.2, 0.25) is 0 Å². The third-order valence-electron chi connectivity index (χ3n) is 5.80. The minimum absolute atomic E-state index is 0.0323. The number of benzene rings is 2. The standard InChI is InChI=1S/C25H28N2O8/c1-4-34-24(31)21(22(28)26-20(23(29)30)14(2)33-3)27-25(32)35-13-19-17-11-7-5-9-15(17)16-10-6-8-12-18(16)19/h5-12,14,19-21H,4,13H2,1-3H3,(H,26,28)(H,27,32)(H,29,30)/t14-,20+,21?/m1/s1. The smallest absolute Gasteiger partial charge is 0.408 e. The van der Waals surface area contributed by atoms with Gasteiger partial charge < -0.3 is 24.6 Å². The Morgan fingerprint density at radius 2 is 1.51 bits per heavy atom. The summed E-state index contributed by atoms with van der Waals surface area (Å²) in [6.07, 6.45) is -1.92. The van der Waals surface area contributed by atoms with E-state index in [9.17, 15) is 24.3 Å². The Morgan fingerprint density at radius 3 is 2.03 bits per heavy atom. The van der Waals surface area contributed by atoms with E-state index in [1.807, 2.05) is 48.5 Å². The molecule has 0 saturated heterocycles. The Balaban J connectivity index is 1.71. The lowest BCUT2D eigenvalue weighted by molar-refractivity contribution is -0.152. The molecule has 0 aliphatic heterocycles. The molecule has 10 heteroatoms. The van der Waals surface area contributed by atoms with E-state index in [2.05, 4.69) is 10.6 Å². The number of nitrogens with one attached hydrogen (secondary N) is 2. The van der Waals surface area contributed by atoms with E-state index >= 15 is 0 Å². The normalized spacial score (nSPS) is 14.6. The first-order chi connectivity index (χ1) is 16.8. The number of ether oxygens (including phenoxy) is 3. The number of carboxylic acids is 1. The van der Waals surface area contributed by atoms with Crippen LogP contribution in [0.5, 0.6) is 0 Å². The van der Waals surface area contributed by atoms with Crippen molar-refractivity contribution in [3.8, 4) is 11.1 Å². The number of alkyl carbamates (subject to hydrolysis) is 1. The minimum Gasteiger partial charge on any atom is -0.480 e. The number of aliphatic carboxylic acids is 1. The monoisotopic (exact) mass is 484 g/mol. The molecule has 2 amide bonds. The Morgan fingerprint density at radius 1 is 0.943 bits per heavy atom. The fourth-order valence-corrected chi connectivity index (χ4v) is 3.97. The van der Waals surface area contributed by atoms with Crippen molar-refractivity contribution in [2.45, 2.75) is 38.0 Å². The summed E-state index contributed by atoms with van der Waals surface area (Å²) in [6, 6.07) is 12.3. The van der Waals surface area contributed by atoms with Gasteiger partial charge in [-0.05, 0) is 36.1 Å². The van der Waals surface area contributed by atoms with Gasteiger partial charge in [-0.25, -0.2) is 14.4 Å². The topological polar surface area (TPSA) is 140 Å². The molecule has 2 aromatic carbocycles. The van der Waals surface area contributed by atoms with Gasteiger partial charge in [0, 0.05) is 13.0 Å². The molecule has 1 aliphatic carbocycles. The summed E-state index contributed by atoms with van der Waals surface area (Å²) < 4.78 is 15.2. The van der Waals surface area contributed by atoms with Gasteiger partial charge in [0.05, 0.1) is 12.7 Å². The van der Waals surface area contributed by atoms with Crippen molar-refractivity contribution in [2.24, 2.45) is 0 Å². The highest BCUT2D eigenvalue weighted by Gasteiger charge is 2.36. The van der Waals surface area contributed by atoms with Crippen LogP contribution in [0.4, 0.5) is 4.79 Å². The number of esters is 1. The maximum Gasteiger partial charge on any atom is 0.408 e. The number of methoxy groups -OCH3 is 1. The summed E-state index contributed by atoms with van der Waals surface area (Å²) in [5.74, 6) is -3.70. The molecular weight excluding hydrogens is 456 g/mol. The van der Waals surface area contributed by atoms with Gasteiger partial charge in [-0.2, -0.15) is 0 Å². The zero-order valence-corrected chi connectivity index (χ0v) is 19.6. The minimum atomic E-state index is -1.81. The highest BCUT2D eigenvalue weighted by Crippen LogP contribution is 2.44. The number of amides is 2. The molecule has 0 saturated carbocycles. The molecule has 1 unspecified atom stereocenters. The number of hydrogen-bond donors (Lipinski definition) is 3. The molecule has 3 N–H and O–H groups in total. The second kappa shape index (κ2) is 11.5. The number of carboxylic acid groups (broad SMARTS) is 1. The van der Waals surface area contributed by atoms with Crippen molar-refractivity contribution >= 4 is 23.9 Å². The Hall–Kier alpha value is -3.92. The quantitative estimate of drug-likeness (QED) is 0.344. The average molecular weight is 485 g/mol. The third kappa shape index (κ3) is 5.78. The van der Waals surface area contributed by atoms with Crippen molar-refractivity contribution in [3.05, 3.63) is 59.7 Å². The molecule has 186 valence electrons. The van der Waals surface area contributed by atoms with Crippen LogP contribution >= 0.6 is 0 Å². The fraction of sp³-hybridized carbons (Fsp3) is 0.360. The highest BCUT2D eigenvalue weighted by molar-refractivity contribution is 6.05. The van der Waals surface area contributed by atoms with Gasteiger partial charge in [0.1, 0.15) is 6.61 Å². The maximum absolute atomic E-state index is 12.7. The Bertz CT molecular complexity index is 1060. The van der Waals surface area contributed by atoms with E-state index in [1.165, 1.54) is 21.0 Å². The summed E-state index contributed by atoms with van der Waals surface area (Å²) in [4.78, 5) is 49.2. The number of hydrogen-bond acceptors (Lipinski definition) is 7. The Labute approximate surface area is 202 Å². The van der Waals surface area contributed by atoms with Gasteiger partial charge in [-0.3, -0.25) is 10.1 Å². The summed E-state index contributed by atoms with van der Waals surface area (Å²) in [7, 11) is 1.28. The van der Waals surface area contributed by atoms with Crippen molar-refractivity contribution in [3.63, 3.8) is 0 Å². The molecule has 0 spiro atoms. The lowest BCUT2D eigenvalue weighted by atomic mass is 9.98. The van der Waals surface area contributed by atoms with E-state index < -0.39 is 42.1 Å². The molecule has 1 aliphatic rings. The predicted octanol–water partition coefficient (Wildman–Crippen LogP) is 2.06. The molecule has 0 fully saturated rings. The molecule has 35 heavy (non-hydrogen) atoms. The molecule has 10 nitrogen and oxygen atoms in total. The number of carbonyl (C=O) groups is 4. The van der Waals surface area contributed by atoms with Crippen molar-refractivity contribution in [1.29, 1.82) is 0 Å². The molecule has 2 aromatic rings. The van der Waals surface area contributed by atoms with Crippen molar-refractivity contribution < 1.29 is 38.5 Å². The summed E-state index contributed by atoms with van der Waals surface area (Å²) >= 11 is 0. The lowest BCUT2D eigenvalue weighted by Crippen LogP contribution is -2.58. The number of fused-ring (bicyclic) bond motifs is 3. The fourth-order valence-electron chi connectivity index (χ4n) is 3.97. The van der Waals surface area contributed by atoms with Crippen LogP contribution in [0, 0.1) is 0 Å². The first-order valence-corrected chi connectivity index (χ1v) is 11.1. The molecule has 0 bridgehead atoms. The van der Waals surface area contributed by atoms with Gasteiger partial charge in [0.25, 0.3) is 5.91 Å². The summed E-state index contributed by atoms with van der Waals surface area (Å²) in [5.41, 5.74) is 4.10. The highest BCUT2D eigenvalue weighted by atomic mass is 16.6. The molecule has 0 radical (unpaired) electrons. The van der Waals surface area contributed by atoms with Gasteiger partial charge in [0.2, 0.25) is 6.04 Å². The van der Waals surface area contributed by atoms with Gasteiger partial charge in [0.15, 0.2) is 6.04 Å². The van der Waals surface area contributed by atoms with Crippen molar-refractivity contribution in [1.82, 2.24) is 10.6 Å². The molecular formula is C25H28N2O8. The summed E-state index contributed by atoms with van der Waals surface area (Å²) in [6.45, 7) is 2.89. The number of carbonyl (C=O) groups excluding carboxylic acids is 3. The zero-order chi connectivity index (χ0) is 25.5. The second-order valence-electron chi connectivity index (χ2n) is 7.92. The van der Waals surface area contributed by atoms with E-state index in [0.29, 0.717) is 0 Å². The van der Waals surface area contributed by atoms with Gasteiger partial charge in [-0.1, -0.05) is 48.5 Å². The van der Waals surface area contributed by atoms with E-state index in [-0.39, 0.29) is 19.1 Å².